The van der Waals surface area contributed by atoms with Crippen molar-refractivity contribution >= 4 is 6.21 Å². The SMILES string of the molecule is CC(C)(C)c1cc(CNN=Cc2ccccc2O)cc(C(C)(C)C)c1O. The molecule has 140 valence electrons. The number of phenolic OH excluding ortho intramolecular Hbond substituents is 2. The summed E-state index contributed by atoms with van der Waals surface area (Å²) >= 11 is 0. The molecule has 26 heavy (non-hydrogen) atoms. The molecule has 2 aromatic rings. The highest BCUT2D eigenvalue weighted by Crippen LogP contribution is 2.39. The predicted octanol–water partition coefficient (Wildman–Crippen LogP) is 4.82. The molecule has 0 saturated carbocycles. The highest BCUT2D eigenvalue weighted by molar-refractivity contribution is 5.82. The van der Waals surface area contributed by atoms with Crippen molar-refractivity contribution in [3.63, 3.8) is 0 Å². The van der Waals surface area contributed by atoms with Gasteiger partial charge in [-0.25, -0.2) is 0 Å². The van der Waals surface area contributed by atoms with Crippen LogP contribution in [0, 0.1) is 0 Å². The van der Waals surface area contributed by atoms with Crippen molar-refractivity contribution in [3.8, 4) is 11.5 Å². The van der Waals surface area contributed by atoms with Gasteiger partial charge in [0.25, 0.3) is 0 Å². The summed E-state index contributed by atoms with van der Waals surface area (Å²) in [6, 6.07) is 11.1. The molecule has 0 bridgehead atoms. The first kappa shape index (κ1) is 19.8. The molecule has 0 unspecified atom stereocenters. The summed E-state index contributed by atoms with van der Waals surface area (Å²) in [4.78, 5) is 0. The smallest absolute Gasteiger partial charge is 0.124 e. The Kier molecular flexibility index (Phi) is 5.65. The van der Waals surface area contributed by atoms with Crippen LogP contribution in [0.15, 0.2) is 41.5 Å². The Morgan fingerprint density at radius 2 is 1.46 bits per heavy atom. The number of rotatable bonds is 4. The molecule has 4 heteroatoms. The second-order valence-electron chi connectivity index (χ2n) is 8.69. The van der Waals surface area contributed by atoms with E-state index in [9.17, 15) is 10.2 Å². The lowest BCUT2D eigenvalue weighted by Gasteiger charge is -2.28. The van der Waals surface area contributed by atoms with Gasteiger partial charge in [-0.1, -0.05) is 53.7 Å². The van der Waals surface area contributed by atoms with Crippen LogP contribution in [0.5, 0.6) is 11.5 Å². The summed E-state index contributed by atoms with van der Waals surface area (Å²) < 4.78 is 0. The fourth-order valence-electron chi connectivity index (χ4n) is 2.79. The summed E-state index contributed by atoms with van der Waals surface area (Å²) in [7, 11) is 0. The van der Waals surface area contributed by atoms with Gasteiger partial charge >= 0.3 is 0 Å². The molecule has 3 N–H and O–H groups in total. The fourth-order valence-corrected chi connectivity index (χ4v) is 2.79. The van der Waals surface area contributed by atoms with Crippen LogP contribution in [0.2, 0.25) is 0 Å². The van der Waals surface area contributed by atoms with Gasteiger partial charge in [0.15, 0.2) is 0 Å². The lowest BCUT2D eigenvalue weighted by Crippen LogP contribution is -2.19. The normalized spacial score (nSPS) is 12.5. The molecule has 4 nitrogen and oxygen atoms in total. The van der Waals surface area contributed by atoms with E-state index in [1.807, 2.05) is 18.2 Å². The van der Waals surface area contributed by atoms with Gasteiger partial charge in [-0.15, -0.1) is 0 Å². The Bertz CT molecular complexity index is 762. The third-order valence-electron chi connectivity index (χ3n) is 4.30. The zero-order chi connectivity index (χ0) is 19.5. The number of nitrogens with zero attached hydrogens (tertiary/aromatic N) is 1. The third kappa shape index (κ3) is 4.78. The molecule has 0 fully saturated rings. The van der Waals surface area contributed by atoms with E-state index < -0.39 is 0 Å². The van der Waals surface area contributed by atoms with E-state index in [2.05, 4.69) is 52.1 Å². The molecule has 0 atom stereocenters. The van der Waals surface area contributed by atoms with Crippen molar-refractivity contribution < 1.29 is 10.2 Å². The molecule has 0 aliphatic rings. The van der Waals surface area contributed by atoms with Crippen LogP contribution in [0.4, 0.5) is 0 Å². The minimum absolute atomic E-state index is 0.154. The number of nitrogens with one attached hydrogen (secondary N) is 1. The van der Waals surface area contributed by atoms with Gasteiger partial charge < -0.3 is 15.6 Å². The molecule has 0 aliphatic heterocycles. The standard InChI is InChI=1S/C22H30N2O2/c1-21(2,3)17-11-15(12-18(20(17)26)22(4,5)6)13-23-24-14-16-9-7-8-10-19(16)25/h7-12,14,23,25-26H,13H2,1-6H3. The Morgan fingerprint density at radius 3 is 1.96 bits per heavy atom. The minimum Gasteiger partial charge on any atom is -0.507 e. The van der Waals surface area contributed by atoms with Crippen LogP contribution < -0.4 is 5.43 Å². The van der Waals surface area contributed by atoms with Crippen molar-refractivity contribution in [1.82, 2.24) is 5.43 Å². The Balaban J connectivity index is 2.25. The summed E-state index contributed by atoms with van der Waals surface area (Å²) in [5, 5.41) is 24.7. The van der Waals surface area contributed by atoms with Gasteiger partial charge in [-0.05, 0) is 51.8 Å². The predicted molar refractivity (Wildman–Crippen MR) is 108 cm³/mol. The maximum atomic E-state index is 10.8. The number of phenols is 2. The quantitative estimate of drug-likeness (QED) is 0.545. The molecule has 0 aromatic heterocycles. The zero-order valence-electron chi connectivity index (χ0n) is 16.6. The molecule has 2 rings (SSSR count). The lowest BCUT2D eigenvalue weighted by atomic mass is 9.78. The third-order valence-corrected chi connectivity index (χ3v) is 4.30. The van der Waals surface area contributed by atoms with Crippen LogP contribution >= 0.6 is 0 Å². The van der Waals surface area contributed by atoms with Crippen LogP contribution in [0.25, 0.3) is 0 Å². The molecule has 0 saturated heterocycles. The molecule has 0 amide bonds. The first-order valence-electron chi connectivity index (χ1n) is 8.91. The van der Waals surface area contributed by atoms with E-state index in [1.54, 1.807) is 24.4 Å². The Morgan fingerprint density at radius 1 is 0.923 bits per heavy atom. The van der Waals surface area contributed by atoms with Crippen molar-refractivity contribution in [3.05, 3.63) is 58.7 Å². The minimum atomic E-state index is -0.154. The first-order chi connectivity index (χ1) is 12.0. The zero-order valence-corrected chi connectivity index (χ0v) is 16.6. The Labute approximate surface area is 156 Å². The van der Waals surface area contributed by atoms with E-state index in [0.29, 0.717) is 17.9 Å². The van der Waals surface area contributed by atoms with Crippen LogP contribution in [0.1, 0.15) is 63.8 Å². The van der Waals surface area contributed by atoms with Crippen LogP contribution in [-0.2, 0) is 17.4 Å². The largest absolute Gasteiger partial charge is 0.507 e. The van der Waals surface area contributed by atoms with Gasteiger partial charge in [0.1, 0.15) is 11.5 Å². The van der Waals surface area contributed by atoms with Gasteiger partial charge in [-0.3, -0.25) is 0 Å². The number of hydrogen-bond donors (Lipinski definition) is 3. The molecule has 0 spiro atoms. The van der Waals surface area contributed by atoms with Crippen molar-refractivity contribution in [1.29, 1.82) is 0 Å². The Hall–Kier alpha value is -2.49. The molecule has 0 aliphatic carbocycles. The van der Waals surface area contributed by atoms with E-state index in [4.69, 9.17) is 0 Å². The fraction of sp³-hybridized carbons (Fsp3) is 0.409. The first-order valence-corrected chi connectivity index (χ1v) is 8.91. The number of hydrazone groups is 1. The second kappa shape index (κ2) is 7.40. The van der Waals surface area contributed by atoms with Crippen molar-refractivity contribution in [2.75, 3.05) is 0 Å². The number of benzene rings is 2. The van der Waals surface area contributed by atoms with Gasteiger partial charge in [0.2, 0.25) is 0 Å². The molecule has 0 radical (unpaired) electrons. The van der Waals surface area contributed by atoms with Crippen molar-refractivity contribution in [2.24, 2.45) is 5.10 Å². The van der Waals surface area contributed by atoms with E-state index >= 15 is 0 Å². The van der Waals surface area contributed by atoms with Gasteiger partial charge in [0, 0.05) is 5.56 Å². The van der Waals surface area contributed by atoms with Crippen LogP contribution in [-0.4, -0.2) is 16.4 Å². The summed E-state index contributed by atoms with van der Waals surface area (Å²) in [6.45, 7) is 13.1. The topological polar surface area (TPSA) is 64.9 Å². The van der Waals surface area contributed by atoms with Crippen molar-refractivity contribution in [2.45, 2.75) is 58.9 Å². The molecule has 2 aromatic carbocycles. The van der Waals surface area contributed by atoms with Crippen LogP contribution in [0.3, 0.4) is 0 Å². The maximum Gasteiger partial charge on any atom is 0.124 e. The summed E-state index contributed by atoms with van der Waals surface area (Å²) in [5.41, 5.74) is 6.32. The van der Waals surface area contributed by atoms with E-state index in [-0.39, 0.29) is 16.6 Å². The number of hydrogen-bond acceptors (Lipinski definition) is 4. The second-order valence-corrected chi connectivity index (χ2v) is 8.69. The highest BCUT2D eigenvalue weighted by Gasteiger charge is 2.26. The number of para-hydroxylation sites is 1. The van der Waals surface area contributed by atoms with Gasteiger partial charge in [-0.2, -0.15) is 5.10 Å². The number of aromatic hydroxyl groups is 2. The summed E-state index contributed by atoms with van der Waals surface area (Å²) in [5.74, 6) is 0.583. The molecular formula is C22H30N2O2. The monoisotopic (exact) mass is 354 g/mol. The average molecular weight is 354 g/mol. The van der Waals surface area contributed by atoms with E-state index in [1.165, 1.54) is 0 Å². The average Bonchev–Trinajstić information content (AvgIpc) is 2.52. The lowest BCUT2D eigenvalue weighted by molar-refractivity contribution is 0.422. The molecule has 0 heterocycles. The van der Waals surface area contributed by atoms with E-state index in [0.717, 1.165) is 16.7 Å². The maximum absolute atomic E-state index is 10.8. The molecular weight excluding hydrogens is 324 g/mol. The summed E-state index contributed by atoms with van der Waals surface area (Å²) in [6.07, 6.45) is 1.60. The highest BCUT2D eigenvalue weighted by atomic mass is 16.3. The van der Waals surface area contributed by atoms with Gasteiger partial charge in [0.05, 0.1) is 12.8 Å².